The lowest BCUT2D eigenvalue weighted by Crippen LogP contribution is -2.15. The monoisotopic (exact) mass is 322 g/mol. The molecule has 1 heterocycles. The van der Waals surface area contributed by atoms with Crippen molar-refractivity contribution in [3.63, 3.8) is 0 Å². The van der Waals surface area contributed by atoms with Gasteiger partial charge >= 0.3 is 0 Å². The van der Waals surface area contributed by atoms with Gasteiger partial charge in [0.1, 0.15) is 0 Å². The highest BCUT2D eigenvalue weighted by Crippen LogP contribution is 2.32. The molecule has 1 saturated carbocycles. The highest BCUT2D eigenvalue weighted by molar-refractivity contribution is 5.94. The quantitative estimate of drug-likeness (QED) is 0.536. The number of aryl methyl sites for hydroxylation is 1. The fourth-order valence-corrected chi connectivity index (χ4v) is 3.76. The van der Waals surface area contributed by atoms with Crippen LogP contribution in [0.5, 0.6) is 0 Å². The van der Waals surface area contributed by atoms with Crippen molar-refractivity contribution in [3.05, 3.63) is 52.8 Å². The van der Waals surface area contributed by atoms with Crippen LogP contribution in [0, 0.1) is 13.8 Å². The van der Waals surface area contributed by atoms with Crippen LogP contribution in [0.3, 0.4) is 0 Å². The van der Waals surface area contributed by atoms with Crippen LogP contribution in [-0.2, 0) is 0 Å². The lowest BCUT2D eigenvalue weighted by Gasteiger charge is -2.26. The molecule has 1 aliphatic carbocycles. The molecule has 0 atom stereocenters. The zero-order valence-corrected chi connectivity index (χ0v) is 14.9. The Morgan fingerprint density at radius 3 is 2.42 bits per heavy atom. The maximum Gasteiger partial charge on any atom is 0.159 e. The second kappa shape index (κ2) is 7.16. The summed E-state index contributed by atoms with van der Waals surface area (Å²) in [5.74, 6) is 0.0848. The summed E-state index contributed by atoms with van der Waals surface area (Å²) in [6.07, 6.45) is 8.59. The largest absolute Gasteiger partial charge is 0.345 e. The van der Waals surface area contributed by atoms with E-state index in [0.717, 1.165) is 11.3 Å². The zero-order chi connectivity index (χ0) is 17.1. The van der Waals surface area contributed by atoms with Crippen molar-refractivity contribution in [2.45, 2.75) is 58.9 Å². The van der Waals surface area contributed by atoms with Crippen molar-refractivity contribution in [2.75, 3.05) is 0 Å². The van der Waals surface area contributed by atoms with Gasteiger partial charge in [-0.3, -0.25) is 9.79 Å². The summed E-state index contributed by atoms with van der Waals surface area (Å²) in [5, 5.41) is 0. The molecule has 0 N–H and O–H groups in total. The van der Waals surface area contributed by atoms with Crippen molar-refractivity contribution in [1.82, 2.24) is 4.57 Å². The first-order valence-corrected chi connectivity index (χ1v) is 8.90. The summed E-state index contributed by atoms with van der Waals surface area (Å²) in [7, 11) is 0. The number of Topliss-reactive ketones (excluding diaryl/α,β-unsaturated/α-hetero) is 1. The molecule has 1 aromatic carbocycles. The Balaban J connectivity index is 1.81. The normalized spacial score (nSPS) is 16.0. The number of hydrogen-bond donors (Lipinski definition) is 0. The van der Waals surface area contributed by atoms with E-state index in [9.17, 15) is 4.79 Å². The van der Waals surface area contributed by atoms with E-state index < -0.39 is 0 Å². The molecule has 0 bridgehead atoms. The van der Waals surface area contributed by atoms with Gasteiger partial charge in [0.2, 0.25) is 0 Å². The number of hydrogen-bond acceptors (Lipinski definition) is 2. The van der Waals surface area contributed by atoms with Crippen molar-refractivity contribution >= 4 is 17.7 Å². The van der Waals surface area contributed by atoms with Gasteiger partial charge in [-0.05, 0) is 63.9 Å². The molecule has 0 amide bonds. The molecule has 0 radical (unpaired) electrons. The topological polar surface area (TPSA) is 34.4 Å². The Bertz CT molecular complexity index is 747. The summed E-state index contributed by atoms with van der Waals surface area (Å²) in [5.41, 5.74) is 5.43. The van der Waals surface area contributed by atoms with E-state index in [0.29, 0.717) is 6.04 Å². The highest BCUT2D eigenvalue weighted by atomic mass is 16.1. The van der Waals surface area contributed by atoms with Crippen LogP contribution < -0.4 is 0 Å². The molecule has 1 fully saturated rings. The lowest BCUT2D eigenvalue weighted by atomic mass is 9.95. The van der Waals surface area contributed by atoms with Gasteiger partial charge in [-0.15, -0.1) is 0 Å². The minimum Gasteiger partial charge on any atom is -0.345 e. The first-order valence-electron chi connectivity index (χ1n) is 8.90. The van der Waals surface area contributed by atoms with Crippen LogP contribution in [0.2, 0.25) is 0 Å². The maximum atomic E-state index is 11.3. The molecule has 3 rings (SSSR count). The van der Waals surface area contributed by atoms with Crippen molar-refractivity contribution < 1.29 is 4.79 Å². The fourth-order valence-electron chi connectivity index (χ4n) is 3.76. The van der Waals surface area contributed by atoms with Crippen molar-refractivity contribution in [3.8, 4) is 0 Å². The van der Waals surface area contributed by atoms with Gasteiger partial charge in [0, 0.05) is 34.8 Å². The Labute approximate surface area is 144 Å². The Morgan fingerprint density at radius 1 is 1.12 bits per heavy atom. The number of aliphatic imine (C=N–C) groups is 1. The molecule has 24 heavy (non-hydrogen) atoms. The molecule has 1 aliphatic rings. The van der Waals surface area contributed by atoms with Crippen molar-refractivity contribution in [1.29, 1.82) is 0 Å². The molecule has 3 heteroatoms. The minimum atomic E-state index is 0.0848. The summed E-state index contributed by atoms with van der Waals surface area (Å²) in [6.45, 7) is 5.97. The second-order valence-corrected chi connectivity index (χ2v) is 6.85. The van der Waals surface area contributed by atoms with E-state index in [1.165, 1.54) is 49.1 Å². The fraction of sp³-hybridized carbons (Fsp3) is 0.429. The Morgan fingerprint density at radius 2 is 1.79 bits per heavy atom. The summed E-state index contributed by atoms with van der Waals surface area (Å²) in [6, 6.07) is 10.3. The van der Waals surface area contributed by atoms with E-state index in [-0.39, 0.29) is 5.78 Å². The number of aromatic nitrogens is 1. The van der Waals surface area contributed by atoms with E-state index >= 15 is 0 Å². The second-order valence-electron chi connectivity index (χ2n) is 6.85. The lowest BCUT2D eigenvalue weighted by molar-refractivity contribution is 0.101. The summed E-state index contributed by atoms with van der Waals surface area (Å²) >= 11 is 0. The highest BCUT2D eigenvalue weighted by Gasteiger charge is 2.19. The minimum absolute atomic E-state index is 0.0848. The van der Waals surface area contributed by atoms with Crippen LogP contribution in [-0.4, -0.2) is 16.6 Å². The molecule has 3 nitrogen and oxygen atoms in total. The smallest absolute Gasteiger partial charge is 0.159 e. The first kappa shape index (κ1) is 16.7. The van der Waals surface area contributed by atoms with Crippen molar-refractivity contribution in [2.24, 2.45) is 4.99 Å². The number of carbonyl (C=O) groups excluding carboxylic acids is 1. The van der Waals surface area contributed by atoms with Gasteiger partial charge in [0.25, 0.3) is 0 Å². The van der Waals surface area contributed by atoms with Gasteiger partial charge < -0.3 is 4.57 Å². The van der Waals surface area contributed by atoms with Crippen LogP contribution in [0.4, 0.5) is 5.69 Å². The third kappa shape index (κ3) is 3.50. The Kier molecular flexibility index (Phi) is 4.98. The van der Waals surface area contributed by atoms with Gasteiger partial charge in [-0.25, -0.2) is 0 Å². The number of rotatable bonds is 4. The predicted molar refractivity (Wildman–Crippen MR) is 99.7 cm³/mol. The van der Waals surface area contributed by atoms with E-state index in [1.807, 2.05) is 30.5 Å². The number of benzene rings is 1. The van der Waals surface area contributed by atoms with Gasteiger partial charge in [0.15, 0.2) is 5.78 Å². The maximum absolute atomic E-state index is 11.3. The van der Waals surface area contributed by atoms with Gasteiger partial charge in [0.05, 0.1) is 5.69 Å². The molecule has 126 valence electrons. The number of ketones is 1. The first-order chi connectivity index (χ1) is 11.6. The van der Waals surface area contributed by atoms with Crippen LogP contribution in [0.15, 0.2) is 35.3 Å². The third-order valence-corrected chi connectivity index (χ3v) is 5.09. The molecular formula is C21H26N2O. The van der Waals surface area contributed by atoms with Crippen LogP contribution >= 0.6 is 0 Å². The molecule has 0 unspecified atom stereocenters. The predicted octanol–water partition coefficient (Wildman–Crippen LogP) is 5.56. The Hall–Kier alpha value is -2.16. The zero-order valence-electron chi connectivity index (χ0n) is 14.9. The van der Waals surface area contributed by atoms with Crippen LogP contribution in [0.25, 0.3) is 0 Å². The average molecular weight is 322 g/mol. The summed E-state index contributed by atoms with van der Waals surface area (Å²) in [4.78, 5) is 15.9. The molecule has 1 aromatic heterocycles. The molecular weight excluding hydrogens is 296 g/mol. The van der Waals surface area contributed by atoms with E-state index in [4.69, 9.17) is 0 Å². The van der Waals surface area contributed by atoms with E-state index in [1.54, 1.807) is 6.92 Å². The van der Waals surface area contributed by atoms with Gasteiger partial charge in [-0.1, -0.05) is 19.3 Å². The van der Waals surface area contributed by atoms with E-state index in [2.05, 4.69) is 29.5 Å². The molecule has 0 aliphatic heterocycles. The SMILES string of the molecule is CC(=O)c1ccc(N=Cc2cc(C)n(C3CCCCC3)c2C)cc1. The summed E-state index contributed by atoms with van der Waals surface area (Å²) < 4.78 is 2.50. The molecule has 0 spiro atoms. The third-order valence-electron chi connectivity index (χ3n) is 5.09. The average Bonchev–Trinajstić information content (AvgIpc) is 2.88. The standard InChI is InChI=1S/C21H26N2O/c1-15-13-19(16(2)23(15)21-7-5-4-6-8-21)14-22-20-11-9-18(10-12-20)17(3)24/h9-14,21H,4-8H2,1-3H3. The molecule has 0 saturated heterocycles. The molecule has 2 aromatic rings. The van der Waals surface area contributed by atoms with Crippen LogP contribution in [0.1, 0.15) is 72.4 Å². The number of carbonyl (C=O) groups is 1. The number of nitrogens with zero attached hydrogens (tertiary/aromatic N) is 2. The van der Waals surface area contributed by atoms with Gasteiger partial charge in [-0.2, -0.15) is 0 Å².